The Balaban J connectivity index is 1.92. The number of carbonyl (C=O) groups is 1. The number of para-hydroxylation sites is 1. The number of hydrogen-bond donors (Lipinski definition) is 2. The lowest BCUT2D eigenvalue weighted by Gasteiger charge is -2.12. The molecule has 5 heteroatoms. The number of benzene rings is 1. The van der Waals surface area contributed by atoms with E-state index in [1.807, 2.05) is 25.1 Å². The fourth-order valence-electron chi connectivity index (χ4n) is 2.44. The molecule has 23 heavy (non-hydrogen) atoms. The van der Waals surface area contributed by atoms with Crippen molar-refractivity contribution < 1.29 is 9.21 Å². The van der Waals surface area contributed by atoms with Gasteiger partial charge in [-0.15, -0.1) is 0 Å². The lowest BCUT2D eigenvalue weighted by molar-refractivity contribution is 0.0933. The van der Waals surface area contributed by atoms with E-state index < -0.39 is 0 Å². The van der Waals surface area contributed by atoms with E-state index in [1.165, 1.54) is 25.5 Å². The van der Waals surface area contributed by atoms with Gasteiger partial charge >= 0.3 is 0 Å². The molecule has 0 bridgehead atoms. The van der Waals surface area contributed by atoms with Crippen molar-refractivity contribution >= 4 is 11.6 Å². The fraction of sp³-hybridized carbons (Fsp3) is 0.444. The average Bonchev–Trinajstić information content (AvgIpc) is 3.02. The molecule has 1 unspecified atom stereocenters. The Morgan fingerprint density at radius 2 is 2.09 bits per heavy atom. The Kier molecular flexibility index (Phi) is 6.20. The Labute approximate surface area is 137 Å². The minimum atomic E-state index is -0.211. The molecule has 0 saturated heterocycles. The highest BCUT2D eigenvalue weighted by molar-refractivity contribution is 5.92. The lowest BCUT2D eigenvalue weighted by atomic mass is 10.1. The van der Waals surface area contributed by atoms with Gasteiger partial charge in [0.25, 0.3) is 5.91 Å². The summed E-state index contributed by atoms with van der Waals surface area (Å²) in [6.45, 7) is 4.20. The van der Waals surface area contributed by atoms with E-state index >= 15 is 0 Å². The zero-order valence-electron chi connectivity index (χ0n) is 13.8. The first-order chi connectivity index (χ1) is 11.1. The third-order valence-electron chi connectivity index (χ3n) is 3.80. The minimum absolute atomic E-state index is 0.126. The maximum Gasteiger partial charge on any atom is 0.273 e. The van der Waals surface area contributed by atoms with Crippen molar-refractivity contribution in [3.8, 4) is 11.5 Å². The highest BCUT2D eigenvalue weighted by atomic mass is 16.3. The number of unbranched alkanes of at least 4 members (excludes halogenated alkanes) is 3. The number of rotatable bonds is 8. The molecule has 124 valence electrons. The van der Waals surface area contributed by atoms with Crippen molar-refractivity contribution in [1.82, 2.24) is 10.3 Å². The predicted octanol–water partition coefficient (Wildman–Crippen LogP) is 4.01. The molecule has 0 aliphatic rings. The molecule has 3 N–H and O–H groups in total. The van der Waals surface area contributed by atoms with E-state index in [1.54, 1.807) is 6.07 Å². The maximum atomic E-state index is 12.2. The van der Waals surface area contributed by atoms with Crippen molar-refractivity contribution in [2.75, 3.05) is 5.73 Å². The predicted molar refractivity (Wildman–Crippen MR) is 92.0 cm³/mol. The number of nitrogens with two attached hydrogens (primary N) is 1. The molecule has 2 rings (SSSR count). The van der Waals surface area contributed by atoms with E-state index in [0.717, 1.165) is 12.8 Å². The second-order valence-electron chi connectivity index (χ2n) is 5.85. The van der Waals surface area contributed by atoms with Gasteiger partial charge in [0.05, 0.1) is 5.56 Å². The summed E-state index contributed by atoms with van der Waals surface area (Å²) in [5.41, 5.74) is 7.45. The van der Waals surface area contributed by atoms with E-state index in [0.29, 0.717) is 17.1 Å². The number of anilines is 1. The second-order valence-corrected chi connectivity index (χ2v) is 5.85. The Morgan fingerprint density at radius 1 is 1.30 bits per heavy atom. The molecule has 1 aromatic heterocycles. The number of hydrogen-bond acceptors (Lipinski definition) is 4. The van der Waals surface area contributed by atoms with Crippen LogP contribution in [0.5, 0.6) is 0 Å². The van der Waals surface area contributed by atoms with Gasteiger partial charge in [-0.05, 0) is 25.5 Å². The van der Waals surface area contributed by atoms with E-state index in [-0.39, 0.29) is 17.6 Å². The second kappa shape index (κ2) is 8.36. The molecule has 2 aromatic rings. The summed E-state index contributed by atoms with van der Waals surface area (Å²) in [4.78, 5) is 16.5. The fourth-order valence-corrected chi connectivity index (χ4v) is 2.44. The van der Waals surface area contributed by atoms with Crippen LogP contribution in [0.3, 0.4) is 0 Å². The molecule has 1 atom stereocenters. The third kappa shape index (κ3) is 4.84. The molecule has 0 aliphatic carbocycles. The standard InChI is InChI=1S/C18H25N3O2/c1-3-4-5-6-9-13(2)20-17(22)16-12-23-18(21-16)14-10-7-8-11-15(14)19/h7-8,10-13H,3-6,9,19H2,1-2H3,(H,20,22). The molecule has 0 spiro atoms. The van der Waals surface area contributed by atoms with E-state index in [2.05, 4.69) is 17.2 Å². The van der Waals surface area contributed by atoms with Crippen LogP contribution in [0.15, 0.2) is 34.9 Å². The van der Waals surface area contributed by atoms with Gasteiger partial charge in [-0.1, -0.05) is 44.7 Å². The molecule has 5 nitrogen and oxygen atoms in total. The van der Waals surface area contributed by atoms with Crippen LogP contribution in [0.1, 0.15) is 56.4 Å². The summed E-state index contributed by atoms with van der Waals surface area (Å²) >= 11 is 0. The highest BCUT2D eigenvalue weighted by Gasteiger charge is 2.16. The van der Waals surface area contributed by atoms with E-state index in [9.17, 15) is 4.79 Å². The SMILES string of the molecule is CCCCCCC(C)NC(=O)c1coc(-c2ccccc2N)n1. The number of oxazole rings is 1. The Bertz CT molecular complexity index is 637. The summed E-state index contributed by atoms with van der Waals surface area (Å²) in [6, 6.07) is 7.42. The molecule has 1 heterocycles. The monoisotopic (exact) mass is 315 g/mol. The van der Waals surface area contributed by atoms with Crippen LogP contribution in [-0.2, 0) is 0 Å². The number of nitrogens with zero attached hydrogens (tertiary/aromatic N) is 1. The minimum Gasteiger partial charge on any atom is -0.444 e. The van der Waals surface area contributed by atoms with Gasteiger partial charge in [0, 0.05) is 11.7 Å². The smallest absolute Gasteiger partial charge is 0.273 e. The first kappa shape index (κ1) is 17.1. The zero-order valence-corrected chi connectivity index (χ0v) is 13.8. The summed E-state index contributed by atoms with van der Waals surface area (Å²) in [7, 11) is 0. The highest BCUT2D eigenvalue weighted by Crippen LogP contribution is 2.24. The van der Waals surface area contributed by atoms with Gasteiger partial charge in [-0.25, -0.2) is 4.98 Å². The molecule has 0 saturated carbocycles. The number of carbonyl (C=O) groups excluding carboxylic acids is 1. The number of aromatic nitrogens is 1. The molecular formula is C18H25N3O2. The van der Waals surface area contributed by atoms with Crippen molar-refractivity contribution in [2.45, 2.75) is 52.0 Å². The number of nitrogens with one attached hydrogen (secondary N) is 1. The van der Waals surface area contributed by atoms with Crippen molar-refractivity contribution in [1.29, 1.82) is 0 Å². The molecule has 0 fully saturated rings. The molecule has 0 aliphatic heterocycles. The first-order valence-corrected chi connectivity index (χ1v) is 8.23. The Morgan fingerprint density at radius 3 is 2.83 bits per heavy atom. The zero-order chi connectivity index (χ0) is 16.7. The maximum absolute atomic E-state index is 12.2. The summed E-state index contributed by atoms with van der Waals surface area (Å²) in [5, 5.41) is 2.96. The summed E-state index contributed by atoms with van der Waals surface area (Å²) < 4.78 is 5.40. The van der Waals surface area contributed by atoms with Crippen LogP contribution >= 0.6 is 0 Å². The van der Waals surface area contributed by atoms with Crippen LogP contribution in [0.4, 0.5) is 5.69 Å². The van der Waals surface area contributed by atoms with Crippen LogP contribution in [0.25, 0.3) is 11.5 Å². The van der Waals surface area contributed by atoms with Gasteiger partial charge in [-0.2, -0.15) is 0 Å². The molecule has 1 amide bonds. The van der Waals surface area contributed by atoms with Crippen LogP contribution in [0.2, 0.25) is 0 Å². The quantitative estimate of drug-likeness (QED) is 0.569. The van der Waals surface area contributed by atoms with Gasteiger partial charge in [0.1, 0.15) is 6.26 Å². The normalized spacial score (nSPS) is 12.1. The van der Waals surface area contributed by atoms with Gasteiger partial charge in [0.2, 0.25) is 5.89 Å². The van der Waals surface area contributed by atoms with Gasteiger partial charge < -0.3 is 15.5 Å². The number of amides is 1. The first-order valence-electron chi connectivity index (χ1n) is 8.23. The van der Waals surface area contributed by atoms with Crippen LogP contribution < -0.4 is 11.1 Å². The van der Waals surface area contributed by atoms with Crippen LogP contribution in [0, 0.1) is 0 Å². The van der Waals surface area contributed by atoms with Crippen molar-refractivity contribution in [2.24, 2.45) is 0 Å². The van der Waals surface area contributed by atoms with Crippen molar-refractivity contribution in [3.05, 3.63) is 36.2 Å². The van der Waals surface area contributed by atoms with Gasteiger partial charge in [-0.3, -0.25) is 4.79 Å². The lowest BCUT2D eigenvalue weighted by Crippen LogP contribution is -2.32. The number of nitrogen functional groups attached to an aromatic ring is 1. The largest absolute Gasteiger partial charge is 0.444 e. The molecule has 0 radical (unpaired) electrons. The van der Waals surface area contributed by atoms with Crippen LogP contribution in [-0.4, -0.2) is 16.9 Å². The van der Waals surface area contributed by atoms with Crippen molar-refractivity contribution in [3.63, 3.8) is 0 Å². The third-order valence-corrected chi connectivity index (χ3v) is 3.80. The molecular weight excluding hydrogens is 290 g/mol. The topological polar surface area (TPSA) is 81.2 Å². The summed E-state index contributed by atoms with van der Waals surface area (Å²) in [5.74, 6) is 0.154. The van der Waals surface area contributed by atoms with E-state index in [4.69, 9.17) is 10.2 Å². The molecule has 1 aromatic carbocycles. The van der Waals surface area contributed by atoms with Gasteiger partial charge in [0.15, 0.2) is 5.69 Å². The Hall–Kier alpha value is -2.30. The average molecular weight is 315 g/mol. The summed E-state index contributed by atoms with van der Waals surface area (Å²) in [6.07, 6.45) is 7.14.